The first-order valence-corrected chi connectivity index (χ1v) is 17.5. The zero-order chi connectivity index (χ0) is 35.7. The van der Waals surface area contributed by atoms with Gasteiger partial charge in [-0.15, -0.1) is 0 Å². The predicted molar refractivity (Wildman–Crippen MR) is 197 cm³/mol. The van der Waals surface area contributed by atoms with E-state index in [1.807, 2.05) is 118 Å². The fraction of sp³-hybridized carbons (Fsp3) is 0.436. The van der Waals surface area contributed by atoms with Crippen LogP contribution in [0.15, 0.2) is 77.8 Å². The highest BCUT2D eigenvalue weighted by atomic mass is 16.6. The molecule has 3 amide bonds. The second-order valence-corrected chi connectivity index (χ2v) is 13.7. The molecule has 1 aliphatic carbocycles. The number of guanidine groups is 1. The van der Waals surface area contributed by atoms with Crippen LogP contribution in [0, 0.1) is 0 Å². The van der Waals surface area contributed by atoms with Crippen molar-refractivity contribution in [3.63, 3.8) is 0 Å². The lowest BCUT2D eigenvalue weighted by molar-refractivity contribution is -0.158. The Labute approximate surface area is 295 Å². The Hall–Kier alpha value is -5.06. The lowest BCUT2D eigenvalue weighted by Crippen LogP contribution is -2.49. The summed E-state index contributed by atoms with van der Waals surface area (Å²) in [5.74, 6) is 0.568. The van der Waals surface area contributed by atoms with Crippen molar-refractivity contribution >= 4 is 40.9 Å². The highest BCUT2D eigenvalue weighted by molar-refractivity contribution is 6.04. The van der Waals surface area contributed by atoms with E-state index in [0.717, 1.165) is 29.7 Å². The summed E-state index contributed by atoms with van der Waals surface area (Å²) in [6, 6.07) is 22.4. The van der Waals surface area contributed by atoms with E-state index >= 15 is 0 Å². The van der Waals surface area contributed by atoms with E-state index in [4.69, 9.17) is 14.5 Å². The van der Waals surface area contributed by atoms with E-state index < -0.39 is 17.6 Å². The molecule has 0 bridgehead atoms. The summed E-state index contributed by atoms with van der Waals surface area (Å²) in [5.41, 5.74) is 3.11. The smallest absolute Gasteiger partial charge is 0.326 e. The number of aliphatic imine (C=N–C) groups is 1. The monoisotopic (exact) mass is 682 g/mol. The summed E-state index contributed by atoms with van der Waals surface area (Å²) < 4.78 is 12.0. The van der Waals surface area contributed by atoms with Gasteiger partial charge in [-0.1, -0.05) is 49.6 Å². The quantitative estimate of drug-likeness (QED) is 0.159. The number of esters is 1. The fourth-order valence-electron chi connectivity index (χ4n) is 6.33. The molecule has 0 saturated heterocycles. The molecule has 11 heteroatoms. The van der Waals surface area contributed by atoms with Gasteiger partial charge in [0.1, 0.15) is 17.9 Å². The molecule has 5 rings (SSSR count). The van der Waals surface area contributed by atoms with Crippen molar-refractivity contribution in [2.45, 2.75) is 77.0 Å². The van der Waals surface area contributed by atoms with Gasteiger partial charge in [0.15, 0.2) is 0 Å². The van der Waals surface area contributed by atoms with E-state index in [2.05, 4.69) is 10.6 Å². The van der Waals surface area contributed by atoms with Gasteiger partial charge in [0, 0.05) is 57.1 Å². The van der Waals surface area contributed by atoms with Crippen LogP contribution in [0.1, 0.15) is 69.9 Å². The van der Waals surface area contributed by atoms with Crippen molar-refractivity contribution in [2.24, 2.45) is 4.99 Å². The molecular weight excluding hydrogens is 632 g/mol. The maximum atomic E-state index is 13.4. The van der Waals surface area contributed by atoms with Crippen molar-refractivity contribution in [3.8, 4) is 5.75 Å². The van der Waals surface area contributed by atoms with Crippen molar-refractivity contribution in [1.29, 1.82) is 0 Å². The lowest BCUT2D eigenvalue weighted by atomic mass is 9.94. The maximum Gasteiger partial charge on any atom is 0.326 e. The summed E-state index contributed by atoms with van der Waals surface area (Å²) in [6.07, 6.45) is 6.86. The summed E-state index contributed by atoms with van der Waals surface area (Å²) in [5, 5.41) is 5.68. The second kappa shape index (κ2) is 16.6. The van der Waals surface area contributed by atoms with Crippen LogP contribution in [0.4, 0.5) is 21.9 Å². The number of nitrogens with zero attached hydrogens (tertiary/aromatic N) is 4. The number of rotatable bonds is 12. The van der Waals surface area contributed by atoms with E-state index in [1.54, 1.807) is 4.90 Å². The highest BCUT2D eigenvalue weighted by Crippen LogP contribution is 2.31. The summed E-state index contributed by atoms with van der Waals surface area (Å²) >= 11 is 0. The van der Waals surface area contributed by atoms with Crippen LogP contribution >= 0.6 is 0 Å². The van der Waals surface area contributed by atoms with Crippen molar-refractivity contribution in [3.05, 3.63) is 83.9 Å². The van der Waals surface area contributed by atoms with E-state index in [0.29, 0.717) is 42.6 Å². The van der Waals surface area contributed by atoms with Crippen LogP contribution in [0.5, 0.6) is 5.75 Å². The normalized spacial score (nSPS) is 14.6. The van der Waals surface area contributed by atoms with Crippen LogP contribution in [0.3, 0.4) is 0 Å². The number of nitrogens with one attached hydrogen (secondary N) is 2. The first-order chi connectivity index (χ1) is 24.0. The SMILES string of the molecule is CN(C)c1ccc(NC(=O)NC2=Nc3ccc(OCCCC(=O)N(C)C4CCCCC4)cc3CN2CC(=O)OC(C)(C)c2ccccc2)cc1. The first kappa shape index (κ1) is 36.2. The third-order valence-corrected chi connectivity index (χ3v) is 9.28. The Morgan fingerprint density at radius 2 is 1.64 bits per heavy atom. The first-order valence-electron chi connectivity index (χ1n) is 17.5. The molecule has 266 valence electrons. The minimum absolute atomic E-state index is 0.145. The Kier molecular flexibility index (Phi) is 12.0. The van der Waals surface area contributed by atoms with Gasteiger partial charge in [-0.3, -0.25) is 14.9 Å². The van der Waals surface area contributed by atoms with Crippen LogP contribution in [0.2, 0.25) is 0 Å². The van der Waals surface area contributed by atoms with E-state index in [1.165, 1.54) is 19.3 Å². The molecule has 3 aromatic rings. The minimum Gasteiger partial charge on any atom is -0.494 e. The number of fused-ring (bicyclic) bond motifs is 1. The summed E-state index contributed by atoms with van der Waals surface area (Å²) in [7, 11) is 5.82. The average molecular weight is 683 g/mol. The van der Waals surface area contributed by atoms with Crippen LogP contribution in [-0.2, 0) is 26.5 Å². The fourth-order valence-corrected chi connectivity index (χ4v) is 6.33. The molecule has 1 aliphatic heterocycles. The Bertz CT molecular complexity index is 1650. The van der Waals surface area contributed by atoms with Gasteiger partial charge in [-0.05, 0) is 81.1 Å². The zero-order valence-corrected chi connectivity index (χ0v) is 29.9. The molecule has 11 nitrogen and oxygen atoms in total. The zero-order valence-electron chi connectivity index (χ0n) is 29.9. The third kappa shape index (κ3) is 9.77. The largest absolute Gasteiger partial charge is 0.494 e. The van der Waals surface area contributed by atoms with Gasteiger partial charge >= 0.3 is 12.0 Å². The number of hydrogen-bond donors (Lipinski definition) is 2. The van der Waals surface area contributed by atoms with Gasteiger partial charge in [-0.25, -0.2) is 9.79 Å². The Morgan fingerprint density at radius 1 is 0.920 bits per heavy atom. The molecule has 0 atom stereocenters. The molecule has 50 heavy (non-hydrogen) atoms. The van der Waals surface area contributed by atoms with Crippen molar-refractivity contribution in [2.75, 3.05) is 44.5 Å². The van der Waals surface area contributed by atoms with Crippen LogP contribution in [0.25, 0.3) is 0 Å². The third-order valence-electron chi connectivity index (χ3n) is 9.28. The van der Waals surface area contributed by atoms with Crippen molar-refractivity contribution < 1.29 is 23.9 Å². The number of carbonyl (C=O) groups excluding carboxylic acids is 3. The number of carbonyl (C=O) groups is 3. The molecule has 0 radical (unpaired) electrons. The number of ether oxygens (including phenoxy) is 2. The van der Waals surface area contributed by atoms with Gasteiger partial charge in [0.2, 0.25) is 11.9 Å². The van der Waals surface area contributed by atoms with Crippen LogP contribution in [-0.4, -0.2) is 74.0 Å². The van der Waals surface area contributed by atoms with Gasteiger partial charge in [-0.2, -0.15) is 0 Å². The summed E-state index contributed by atoms with van der Waals surface area (Å²) in [6.45, 7) is 4.24. The number of urea groups is 1. The molecular formula is C39H50N6O5. The molecule has 0 spiro atoms. The molecule has 3 aromatic carbocycles. The molecule has 1 heterocycles. The summed E-state index contributed by atoms with van der Waals surface area (Å²) in [4.78, 5) is 49.6. The topological polar surface area (TPSA) is 116 Å². The van der Waals surface area contributed by atoms with Gasteiger partial charge in [0.25, 0.3) is 0 Å². The lowest BCUT2D eigenvalue weighted by Gasteiger charge is -2.32. The number of anilines is 2. The van der Waals surface area contributed by atoms with Crippen LogP contribution < -0.4 is 20.3 Å². The molecule has 0 unspecified atom stereocenters. The van der Waals surface area contributed by atoms with Gasteiger partial charge in [0.05, 0.1) is 12.3 Å². The number of hydrogen-bond acceptors (Lipinski definition) is 8. The molecule has 1 fully saturated rings. The molecule has 2 N–H and O–H groups in total. The number of amides is 3. The minimum atomic E-state index is -0.861. The number of benzene rings is 3. The highest BCUT2D eigenvalue weighted by Gasteiger charge is 2.29. The Balaban J connectivity index is 1.25. The predicted octanol–water partition coefficient (Wildman–Crippen LogP) is 6.81. The molecule has 0 aromatic heterocycles. The standard InChI is InChI=1S/C39H50N6O5/c1-39(2,29-13-8-6-9-14-29)50-36(47)27-45-26-28-25-33(49-24-12-17-35(46)44(5)32-15-10-7-11-16-32)22-23-34(28)41-37(45)42-38(48)40-30-18-20-31(21-19-30)43(3)4/h6,8-9,13-14,18-23,25,32H,7,10-12,15-17,24,26-27H2,1-5H3,(H2,40,41,42,48). The van der Waals surface area contributed by atoms with E-state index in [9.17, 15) is 14.4 Å². The molecule has 2 aliphatic rings. The maximum absolute atomic E-state index is 13.4. The van der Waals surface area contributed by atoms with E-state index in [-0.39, 0.29) is 25.0 Å². The second-order valence-electron chi connectivity index (χ2n) is 13.7. The van der Waals surface area contributed by atoms with Gasteiger partial charge < -0.3 is 29.5 Å². The van der Waals surface area contributed by atoms with Crippen molar-refractivity contribution in [1.82, 2.24) is 15.1 Å². The Morgan fingerprint density at radius 3 is 2.34 bits per heavy atom. The average Bonchev–Trinajstić information content (AvgIpc) is 3.10. The molecule has 1 saturated carbocycles.